The van der Waals surface area contributed by atoms with Crippen LogP contribution in [0.3, 0.4) is 0 Å². The van der Waals surface area contributed by atoms with Crippen LogP contribution in [0.15, 0.2) is 48.7 Å². The number of amides is 1. The molecule has 1 aromatic carbocycles. The molecular weight excluding hydrogens is 374 g/mol. The van der Waals surface area contributed by atoms with Crippen LogP contribution in [-0.2, 0) is 0 Å². The van der Waals surface area contributed by atoms with Gasteiger partial charge in [0, 0.05) is 25.2 Å². The Morgan fingerprint density at radius 2 is 2.07 bits per heavy atom. The van der Waals surface area contributed by atoms with Crippen LogP contribution in [0.5, 0.6) is 11.5 Å². The van der Waals surface area contributed by atoms with Crippen molar-refractivity contribution in [1.82, 2.24) is 15.2 Å². The molecule has 0 aliphatic heterocycles. The molecule has 1 heterocycles. The van der Waals surface area contributed by atoms with E-state index in [9.17, 15) is 15.0 Å². The molecule has 0 bridgehead atoms. The van der Waals surface area contributed by atoms with Gasteiger partial charge in [0.2, 0.25) is 0 Å². The first-order valence-corrected chi connectivity index (χ1v) is 9.55. The number of hydrogen-bond acceptors (Lipinski definition) is 7. The zero-order valence-electron chi connectivity index (χ0n) is 16.6. The van der Waals surface area contributed by atoms with E-state index in [0.717, 1.165) is 0 Å². The van der Waals surface area contributed by atoms with Gasteiger partial charge in [-0.25, -0.2) is 0 Å². The van der Waals surface area contributed by atoms with E-state index in [4.69, 9.17) is 9.47 Å². The third-order valence-corrected chi connectivity index (χ3v) is 5.13. The van der Waals surface area contributed by atoms with Crippen molar-refractivity contribution < 1.29 is 24.5 Å². The summed E-state index contributed by atoms with van der Waals surface area (Å²) in [6, 6.07) is 11.5. The molecule has 0 unspecified atom stereocenters. The molecule has 1 aliphatic rings. The third-order valence-electron chi connectivity index (χ3n) is 5.13. The number of nitrogens with one attached hydrogen (secondary N) is 1. The number of carbonyl (C=O) groups excluding carboxylic acids is 1. The van der Waals surface area contributed by atoms with Gasteiger partial charge in [-0.05, 0) is 31.3 Å². The highest BCUT2D eigenvalue weighted by atomic mass is 16.5. The molecule has 1 amide bonds. The van der Waals surface area contributed by atoms with Crippen molar-refractivity contribution in [3.05, 3.63) is 54.4 Å². The fourth-order valence-corrected chi connectivity index (χ4v) is 3.71. The molecule has 2 aromatic rings. The summed E-state index contributed by atoms with van der Waals surface area (Å²) in [6.07, 6.45) is 0.592. The Morgan fingerprint density at radius 3 is 2.76 bits per heavy atom. The van der Waals surface area contributed by atoms with Gasteiger partial charge in [0.05, 0.1) is 25.8 Å². The minimum Gasteiger partial charge on any atom is -0.497 e. The normalized spacial score (nSPS) is 23.8. The van der Waals surface area contributed by atoms with E-state index in [1.807, 2.05) is 17.0 Å². The number of pyridine rings is 1. The maximum Gasteiger partial charge on any atom is 0.270 e. The molecule has 8 nitrogen and oxygen atoms in total. The second kappa shape index (κ2) is 9.69. The lowest BCUT2D eigenvalue weighted by atomic mass is 10.1. The monoisotopic (exact) mass is 401 g/mol. The number of carbonyl (C=O) groups is 1. The van der Waals surface area contributed by atoms with Crippen LogP contribution >= 0.6 is 0 Å². The zero-order valence-corrected chi connectivity index (χ0v) is 16.6. The minimum atomic E-state index is -0.855. The summed E-state index contributed by atoms with van der Waals surface area (Å²) >= 11 is 0. The lowest BCUT2D eigenvalue weighted by molar-refractivity contribution is 0.0109. The summed E-state index contributed by atoms with van der Waals surface area (Å²) < 4.78 is 11.2. The smallest absolute Gasteiger partial charge is 0.270 e. The van der Waals surface area contributed by atoms with Crippen LogP contribution in [0, 0.1) is 0 Å². The number of aliphatic hydroxyl groups is 2. The molecule has 1 aliphatic carbocycles. The van der Waals surface area contributed by atoms with Crippen molar-refractivity contribution in [3.63, 3.8) is 0 Å². The van der Waals surface area contributed by atoms with Gasteiger partial charge in [-0.1, -0.05) is 12.1 Å². The summed E-state index contributed by atoms with van der Waals surface area (Å²) in [6.45, 7) is 0.311. The third kappa shape index (κ3) is 5.03. The Morgan fingerprint density at radius 1 is 1.28 bits per heavy atom. The number of likely N-dealkylation sites (N-methyl/N-ethyl adjacent to an activating group) is 1. The molecular formula is C21H27N3O5. The molecule has 3 rings (SSSR count). The maximum atomic E-state index is 12.6. The highest BCUT2D eigenvalue weighted by Crippen LogP contribution is 2.30. The van der Waals surface area contributed by atoms with Gasteiger partial charge in [-0.15, -0.1) is 0 Å². The first-order chi connectivity index (χ1) is 14.0. The van der Waals surface area contributed by atoms with Crippen LogP contribution in [0.25, 0.3) is 0 Å². The Hall–Kier alpha value is -2.68. The van der Waals surface area contributed by atoms with Gasteiger partial charge in [-0.3, -0.25) is 14.7 Å². The van der Waals surface area contributed by atoms with E-state index >= 15 is 0 Å². The van der Waals surface area contributed by atoms with Crippen molar-refractivity contribution in [2.45, 2.75) is 30.7 Å². The van der Waals surface area contributed by atoms with Gasteiger partial charge < -0.3 is 25.0 Å². The van der Waals surface area contributed by atoms with Gasteiger partial charge in [0.25, 0.3) is 5.91 Å². The number of aliphatic hydroxyl groups excluding tert-OH is 2. The lowest BCUT2D eigenvalue weighted by Gasteiger charge is -2.31. The molecule has 1 saturated carbocycles. The molecule has 3 N–H and O–H groups in total. The molecule has 0 radical (unpaired) electrons. The van der Waals surface area contributed by atoms with Gasteiger partial charge in [-0.2, -0.15) is 0 Å². The maximum absolute atomic E-state index is 12.6. The van der Waals surface area contributed by atoms with Crippen LogP contribution in [0.1, 0.15) is 16.9 Å². The quantitative estimate of drug-likeness (QED) is 0.598. The van der Waals surface area contributed by atoms with Crippen molar-refractivity contribution in [3.8, 4) is 11.5 Å². The molecule has 1 fully saturated rings. The van der Waals surface area contributed by atoms with Crippen molar-refractivity contribution in [1.29, 1.82) is 0 Å². The number of nitrogens with zero attached hydrogens (tertiary/aromatic N) is 2. The number of rotatable bonds is 8. The second-order valence-electron chi connectivity index (χ2n) is 7.05. The number of hydrogen-bond donors (Lipinski definition) is 3. The Balaban J connectivity index is 1.77. The Labute approximate surface area is 170 Å². The highest BCUT2D eigenvalue weighted by Gasteiger charge is 2.46. The minimum absolute atomic E-state index is 0.0535. The van der Waals surface area contributed by atoms with Crippen molar-refractivity contribution >= 4 is 5.91 Å². The zero-order chi connectivity index (χ0) is 20.8. The summed E-state index contributed by atoms with van der Waals surface area (Å²) in [5.41, 5.74) is 0.308. The first-order valence-electron chi connectivity index (χ1n) is 9.55. The van der Waals surface area contributed by atoms with Gasteiger partial charge in [0.15, 0.2) is 0 Å². The number of methoxy groups -OCH3 is 1. The summed E-state index contributed by atoms with van der Waals surface area (Å²) in [5, 5.41) is 23.2. The average Bonchev–Trinajstić information content (AvgIpc) is 3.03. The molecule has 0 saturated heterocycles. The van der Waals surface area contributed by atoms with E-state index in [1.54, 1.807) is 50.7 Å². The lowest BCUT2D eigenvalue weighted by Crippen LogP contribution is -2.52. The van der Waals surface area contributed by atoms with E-state index < -0.39 is 18.2 Å². The summed E-state index contributed by atoms with van der Waals surface area (Å²) in [4.78, 5) is 18.5. The van der Waals surface area contributed by atoms with Crippen LogP contribution < -0.4 is 14.8 Å². The summed E-state index contributed by atoms with van der Waals surface area (Å²) in [7, 11) is 3.38. The van der Waals surface area contributed by atoms with Gasteiger partial charge in [0.1, 0.15) is 29.4 Å². The predicted octanol–water partition coefficient (Wildman–Crippen LogP) is 0.693. The molecule has 1 aromatic heterocycles. The first kappa shape index (κ1) is 21.0. The van der Waals surface area contributed by atoms with Gasteiger partial charge >= 0.3 is 0 Å². The van der Waals surface area contributed by atoms with Crippen LogP contribution in [-0.4, -0.2) is 77.6 Å². The molecule has 156 valence electrons. The Kier molecular flexibility index (Phi) is 7.03. The van der Waals surface area contributed by atoms with Crippen LogP contribution in [0.4, 0.5) is 0 Å². The standard InChI is InChI=1S/C21H27N3O5/c1-24(10-11-25)19-17(23-21(27)16-8-3-4-9-22-16)13-18(20(19)26)29-15-7-5-6-14(12-15)28-2/h3-9,12,17-20,25-26H,10-11,13H2,1-2H3,(H,23,27)/t17-,18-,19+,20+/m1/s1. The summed E-state index contributed by atoms with van der Waals surface area (Å²) in [5.74, 6) is 0.921. The number of aromatic nitrogens is 1. The molecule has 0 spiro atoms. The Bertz CT molecular complexity index is 804. The predicted molar refractivity (Wildman–Crippen MR) is 107 cm³/mol. The van der Waals surface area contributed by atoms with E-state index in [2.05, 4.69) is 10.3 Å². The molecule has 8 heteroatoms. The molecule has 4 atom stereocenters. The van der Waals surface area contributed by atoms with E-state index in [0.29, 0.717) is 30.2 Å². The van der Waals surface area contributed by atoms with Crippen molar-refractivity contribution in [2.24, 2.45) is 0 Å². The number of benzene rings is 1. The highest BCUT2D eigenvalue weighted by molar-refractivity contribution is 5.92. The van der Waals surface area contributed by atoms with E-state index in [1.165, 1.54) is 0 Å². The number of ether oxygens (including phenoxy) is 2. The SMILES string of the molecule is COc1cccc(O[C@@H]2C[C@@H](NC(=O)c3ccccn3)[C@H](N(C)CCO)[C@H]2O)c1. The molecule has 29 heavy (non-hydrogen) atoms. The topological polar surface area (TPSA) is 104 Å². The van der Waals surface area contributed by atoms with Crippen molar-refractivity contribution in [2.75, 3.05) is 27.3 Å². The van der Waals surface area contributed by atoms with E-state index in [-0.39, 0.29) is 18.6 Å². The largest absolute Gasteiger partial charge is 0.497 e. The second-order valence-corrected chi connectivity index (χ2v) is 7.05. The van der Waals surface area contributed by atoms with Crippen LogP contribution in [0.2, 0.25) is 0 Å². The fourth-order valence-electron chi connectivity index (χ4n) is 3.71. The average molecular weight is 401 g/mol. The fraction of sp³-hybridized carbons (Fsp3) is 0.429.